The second kappa shape index (κ2) is 10.8. The van der Waals surface area contributed by atoms with Crippen LogP contribution in [0.25, 0.3) is 10.9 Å². The normalized spacial score (nSPS) is 11.4. The van der Waals surface area contributed by atoms with Gasteiger partial charge in [-0.3, -0.25) is 23.5 Å². The SMILES string of the molecule is CC(=O)ONC(=O)c1ccc(Cn2c(=O)n(CCc3cccc(C(F)(F)F)c3)c(=O)c3ccccc32)cc1. The Morgan fingerprint density at radius 2 is 1.61 bits per heavy atom. The van der Waals surface area contributed by atoms with E-state index in [1.807, 2.05) is 5.48 Å². The molecule has 1 heterocycles. The number of carbonyl (C=O) groups excluding carboxylic acids is 2. The molecule has 0 radical (unpaired) electrons. The van der Waals surface area contributed by atoms with Crippen molar-refractivity contribution in [3.63, 3.8) is 0 Å². The monoisotopic (exact) mass is 525 g/mol. The predicted octanol–water partition coefficient (Wildman–Crippen LogP) is 3.68. The molecule has 0 saturated heterocycles. The summed E-state index contributed by atoms with van der Waals surface area (Å²) in [5.74, 6) is -1.30. The maximum atomic E-state index is 13.4. The van der Waals surface area contributed by atoms with E-state index in [0.29, 0.717) is 16.6 Å². The largest absolute Gasteiger partial charge is 0.416 e. The second-order valence-corrected chi connectivity index (χ2v) is 8.51. The first-order valence-corrected chi connectivity index (χ1v) is 11.5. The first kappa shape index (κ1) is 26.4. The van der Waals surface area contributed by atoms with Crippen LogP contribution in [0, 0.1) is 0 Å². The number of hydrogen-bond acceptors (Lipinski definition) is 5. The van der Waals surface area contributed by atoms with Gasteiger partial charge in [0, 0.05) is 19.0 Å². The maximum absolute atomic E-state index is 13.4. The minimum Gasteiger partial charge on any atom is -0.341 e. The number of nitrogens with one attached hydrogen (secondary N) is 1. The number of fused-ring (bicyclic) bond motifs is 1. The molecule has 0 aliphatic rings. The molecule has 0 fully saturated rings. The van der Waals surface area contributed by atoms with E-state index in [-0.39, 0.29) is 30.5 Å². The Morgan fingerprint density at radius 3 is 2.29 bits per heavy atom. The number of aromatic nitrogens is 2. The molecule has 0 bridgehead atoms. The summed E-state index contributed by atoms with van der Waals surface area (Å²) >= 11 is 0. The van der Waals surface area contributed by atoms with Gasteiger partial charge in [0.05, 0.1) is 23.0 Å². The third kappa shape index (κ3) is 5.83. The van der Waals surface area contributed by atoms with Gasteiger partial charge >= 0.3 is 17.8 Å². The van der Waals surface area contributed by atoms with Crippen LogP contribution in [0.5, 0.6) is 0 Å². The van der Waals surface area contributed by atoms with E-state index in [9.17, 15) is 32.3 Å². The molecule has 38 heavy (non-hydrogen) atoms. The Labute approximate surface area is 213 Å². The van der Waals surface area contributed by atoms with Crippen LogP contribution < -0.4 is 16.7 Å². The Balaban J connectivity index is 1.65. The minimum absolute atomic E-state index is 0.0452. The van der Waals surface area contributed by atoms with E-state index < -0.39 is 34.9 Å². The Hall–Kier alpha value is -4.67. The highest BCUT2D eigenvalue weighted by molar-refractivity contribution is 5.94. The van der Waals surface area contributed by atoms with Crippen molar-refractivity contribution in [1.29, 1.82) is 0 Å². The summed E-state index contributed by atoms with van der Waals surface area (Å²) < 4.78 is 41.7. The highest BCUT2D eigenvalue weighted by Crippen LogP contribution is 2.29. The van der Waals surface area contributed by atoms with Crippen molar-refractivity contribution in [3.8, 4) is 0 Å². The lowest BCUT2D eigenvalue weighted by Crippen LogP contribution is -2.40. The fourth-order valence-corrected chi connectivity index (χ4v) is 3.99. The molecule has 0 spiro atoms. The number of halogens is 3. The molecule has 1 aromatic heterocycles. The topological polar surface area (TPSA) is 99.4 Å². The van der Waals surface area contributed by atoms with Crippen molar-refractivity contribution in [2.24, 2.45) is 0 Å². The quantitative estimate of drug-likeness (QED) is 0.387. The number of hydroxylamine groups is 1. The van der Waals surface area contributed by atoms with Crippen molar-refractivity contribution in [3.05, 3.63) is 116 Å². The summed E-state index contributed by atoms with van der Waals surface area (Å²) in [6, 6.07) is 17.5. The van der Waals surface area contributed by atoms with Gasteiger partial charge in [0.1, 0.15) is 0 Å². The first-order valence-electron chi connectivity index (χ1n) is 11.5. The van der Waals surface area contributed by atoms with Crippen molar-refractivity contribution in [1.82, 2.24) is 14.6 Å². The number of aryl methyl sites for hydroxylation is 1. The number of alkyl halides is 3. The van der Waals surface area contributed by atoms with Crippen LogP contribution in [-0.2, 0) is 35.3 Å². The number of carbonyl (C=O) groups is 2. The van der Waals surface area contributed by atoms with Crippen LogP contribution in [-0.4, -0.2) is 21.0 Å². The van der Waals surface area contributed by atoms with E-state index in [4.69, 9.17) is 0 Å². The molecule has 4 aromatic rings. The highest BCUT2D eigenvalue weighted by atomic mass is 19.4. The van der Waals surface area contributed by atoms with Crippen LogP contribution in [0.3, 0.4) is 0 Å². The first-order chi connectivity index (χ1) is 18.0. The maximum Gasteiger partial charge on any atom is 0.416 e. The summed E-state index contributed by atoms with van der Waals surface area (Å²) in [4.78, 5) is 53.9. The lowest BCUT2D eigenvalue weighted by atomic mass is 10.1. The molecule has 0 unspecified atom stereocenters. The lowest BCUT2D eigenvalue weighted by Gasteiger charge is -2.15. The molecule has 1 N–H and O–H groups in total. The Bertz CT molecular complexity index is 1620. The second-order valence-electron chi connectivity index (χ2n) is 8.51. The summed E-state index contributed by atoms with van der Waals surface area (Å²) in [6.45, 7) is 1.10. The average molecular weight is 525 g/mol. The van der Waals surface area contributed by atoms with Gasteiger partial charge < -0.3 is 4.84 Å². The van der Waals surface area contributed by atoms with E-state index >= 15 is 0 Å². The number of hydrogen-bond donors (Lipinski definition) is 1. The van der Waals surface area contributed by atoms with Gasteiger partial charge in [-0.25, -0.2) is 4.79 Å². The van der Waals surface area contributed by atoms with Gasteiger partial charge in [0.25, 0.3) is 11.5 Å². The minimum atomic E-state index is -4.50. The van der Waals surface area contributed by atoms with Gasteiger partial charge in [-0.2, -0.15) is 18.7 Å². The third-order valence-electron chi connectivity index (χ3n) is 5.85. The van der Waals surface area contributed by atoms with E-state index in [1.54, 1.807) is 36.4 Å². The zero-order valence-corrected chi connectivity index (χ0v) is 20.1. The van der Waals surface area contributed by atoms with Crippen LogP contribution >= 0.6 is 0 Å². The van der Waals surface area contributed by atoms with Gasteiger partial charge in [-0.05, 0) is 47.9 Å². The van der Waals surface area contributed by atoms with Crippen molar-refractivity contribution >= 4 is 22.8 Å². The molecule has 196 valence electrons. The van der Waals surface area contributed by atoms with Crippen LogP contribution in [0.4, 0.5) is 13.2 Å². The summed E-state index contributed by atoms with van der Waals surface area (Å²) in [7, 11) is 0. The number of amides is 1. The number of nitrogens with zero attached hydrogens (tertiary/aromatic N) is 2. The average Bonchev–Trinajstić information content (AvgIpc) is 2.89. The molecule has 0 saturated carbocycles. The van der Waals surface area contributed by atoms with Crippen molar-refractivity contribution < 1.29 is 27.6 Å². The standard InChI is InChI=1S/C27H22F3N3O5/c1-17(34)38-31-24(35)20-11-9-19(10-12-20)16-33-23-8-3-2-7-22(23)25(36)32(26(33)37)14-13-18-5-4-6-21(15-18)27(28,29)30/h2-12,15H,13-14,16H2,1H3,(H,31,35). The van der Waals surface area contributed by atoms with E-state index in [0.717, 1.165) is 23.6 Å². The predicted molar refractivity (Wildman–Crippen MR) is 132 cm³/mol. The van der Waals surface area contributed by atoms with Gasteiger partial charge in [-0.1, -0.05) is 42.5 Å². The highest BCUT2D eigenvalue weighted by Gasteiger charge is 2.30. The smallest absolute Gasteiger partial charge is 0.341 e. The van der Waals surface area contributed by atoms with Crippen molar-refractivity contribution in [2.75, 3.05) is 0 Å². The molecule has 1 amide bonds. The van der Waals surface area contributed by atoms with Gasteiger partial charge in [0.2, 0.25) is 0 Å². The lowest BCUT2D eigenvalue weighted by molar-refractivity contribution is -0.146. The fourth-order valence-electron chi connectivity index (χ4n) is 3.99. The fraction of sp³-hybridized carbons (Fsp3) is 0.185. The number of rotatable bonds is 6. The van der Waals surface area contributed by atoms with Gasteiger partial charge in [-0.15, -0.1) is 0 Å². The molecule has 11 heteroatoms. The summed E-state index contributed by atoms with van der Waals surface area (Å²) in [5, 5.41) is 0.286. The molecule has 0 atom stereocenters. The number of benzene rings is 3. The van der Waals surface area contributed by atoms with E-state index in [1.165, 1.54) is 28.8 Å². The van der Waals surface area contributed by atoms with Crippen LogP contribution in [0.1, 0.15) is 34.0 Å². The van der Waals surface area contributed by atoms with Crippen molar-refractivity contribution in [2.45, 2.75) is 32.6 Å². The number of para-hydroxylation sites is 1. The Kier molecular flexibility index (Phi) is 7.47. The zero-order valence-electron chi connectivity index (χ0n) is 20.1. The summed E-state index contributed by atoms with van der Waals surface area (Å²) in [6.07, 6.45) is -4.46. The molecule has 4 rings (SSSR count). The van der Waals surface area contributed by atoms with E-state index in [2.05, 4.69) is 4.84 Å². The van der Waals surface area contributed by atoms with Crippen LogP contribution in [0.15, 0.2) is 82.4 Å². The summed E-state index contributed by atoms with van der Waals surface area (Å²) in [5.41, 5.74) is 1.66. The molecular formula is C27H22F3N3O5. The molecule has 0 aliphatic carbocycles. The molecular weight excluding hydrogens is 503 g/mol. The Morgan fingerprint density at radius 1 is 0.895 bits per heavy atom. The molecule has 0 aliphatic heterocycles. The molecule has 8 nitrogen and oxygen atoms in total. The molecule has 3 aromatic carbocycles. The zero-order chi connectivity index (χ0) is 27.4. The van der Waals surface area contributed by atoms with Gasteiger partial charge in [0.15, 0.2) is 0 Å². The third-order valence-corrected chi connectivity index (χ3v) is 5.85. The van der Waals surface area contributed by atoms with Crippen LogP contribution in [0.2, 0.25) is 0 Å².